The highest BCUT2D eigenvalue weighted by atomic mass is 16.2. The number of hydrogen-bond acceptors (Lipinski definition) is 3. The lowest BCUT2D eigenvalue weighted by Gasteiger charge is -2.08. The second-order valence-corrected chi connectivity index (χ2v) is 3.24. The molecule has 0 aliphatic carbocycles. The Morgan fingerprint density at radius 3 is 2.85 bits per heavy atom. The molecule has 1 heterocycles. The predicted molar refractivity (Wildman–Crippen MR) is 47.8 cm³/mol. The molecule has 2 amide bonds. The molecule has 4 N–H and O–H groups in total. The number of hydrogen-bond donors (Lipinski definition) is 3. The van der Waals surface area contributed by atoms with E-state index in [9.17, 15) is 9.59 Å². The first-order valence-corrected chi connectivity index (χ1v) is 4.47. The number of nitrogens with one attached hydrogen (secondary N) is 2. The molecule has 0 radical (unpaired) electrons. The number of carbonyl (C=O) groups is 2. The second-order valence-electron chi connectivity index (χ2n) is 3.24. The molecule has 1 saturated heterocycles. The van der Waals surface area contributed by atoms with Gasteiger partial charge in [-0.05, 0) is 19.4 Å². The Labute approximate surface area is 77.1 Å². The second kappa shape index (κ2) is 4.81. The van der Waals surface area contributed by atoms with E-state index in [4.69, 9.17) is 5.73 Å². The quantitative estimate of drug-likeness (QED) is 0.510. The van der Waals surface area contributed by atoms with Gasteiger partial charge in [0.25, 0.3) is 0 Å². The molecule has 1 fully saturated rings. The zero-order valence-corrected chi connectivity index (χ0v) is 7.51. The van der Waals surface area contributed by atoms with E-state index in [0.717, 1.165) is 19.4 Å². The van der Waals surface area contributed by atoms with Crippen molar-refractivity contribution >= 4 is 11.8 Å². The van der Waals surface area contributed by atoms with Gasteiger partial charge in [-0.15, -0.1) is 0 Å². The van der Waals surface area contributed by atoms with Crippen LogP contribution in [0.4, 0.5) is 0 Å². The van der Waals surface area contributed by atoms with Crippen LogP contribution in [0.1, 0.15) is 19.3 Å². The van der Waals surface area contributed by atoms with Crippen LogP contribution >= 0.6 is 0 Å². The van der Waals surface area contributed by atoms with Crippen molar-refractivity contribution in [1.82, 2.24) is 10.6 Å². The summed E-state index contributed by atoms with van der Waals surface area (Å²) in [6.45, 7) is 0.916. The molecule has 1 aliphatic heterocycles. The van der Waals surface area contributed by atoms with Gasteiger partial charge >= 0.3 is 0 Å². The Morgan fingerprint density at radius 1 is 1.54 bits per heavy atom. The van der Waals surface area contributed by atoms with Crippen LogP contribution < -0.4 is 16.4 Å². The van der Waals surface area contributed by atoms with Crippen LogP contribution in [0, 0.1) is 0 Å². The van der Waals surface area contributed by atoms with Crippen LogP contribution in [0.15, 0.2) is 0 Å². The van der Waals surface area contributed by atoms with E-state index >= 15 is 0 Å². The average Bonchev–Trinajstić information content (AvgIpc) is 2.53. The van der Waals surface area contributed by atoms with E-state index in [1.165, 1.54) is 0 Å². The molecule has 1 rings (SSSR count). The summed E-state index contributed by atoms with van der Waals surface area (Å²) >= 11 is 0. The van der Waals surface area contributed by atoms with E-state index < -0.39 is 5.91 Å². The Kier molecular flexibility index (Phi) is 3.70. The van der Waals surface area contributed by atoms with Crippen molar-refractivity contribution in [3.63, 3.8) is 0 Å². The largest absolute Gasteiger partial charge is 0.368 e. The predicted octanol–water partition coefficient (Wildman–Crippen LogP) is -1.27. The Balaban J connectivity index is 2.13. The highest BCUT2D eigenvalue weighted by Crippen LogP contribution is 2.07. The molecule has 5 nitrogen and oxygen atoms in total. The van der Waals surface area contributed by atoms with Crippen molar-refractivity contribution < 1.29 is 9.59 Å². The Hall–Kier alpha value is -1.10. The van der Waals surface area contributed by atoms with Crippen LogP contribution in [0.25, 0.3) is 0 Å². The van der Waals surface area contributed by atoms with Crippen LogP contribution in [-0.4, -0.2) is 30.9 Å². The molecule has 1 atom stereocenters. The fourth-order valence-electron chi connectivity index (χ4n) is 1.41. The summed E-state index contributed by atoms with van der Waals surface area (Å²) in [5, 5.41) is 5.65. The molecule has 0 aromatic carbocycles. The molecular weight excluding hydrogens is 170 g/mol. The van der Waals surface area contributed by atoms with E-state index in [2.05, 4.69) is 10.6 Å². The minimum Gasteiger partial charge on any atom is -0.368 e. The van der Waals surface area contributed by atoms with Gasteiger partial charge in [0, 0.05) is 12.5 Å². The number of nitrogens with two attached hydrogens (primary N) is 1. The van der Waals surface area contributed by atoms with Gasteiger partial charge < -0.3 is 16.4 Å². The first kappa shape index (κ1) is 9.98. The van der Waals surface area contributed by atoms with E-state index in [-0.39, 0.29) is 18.5 Å². The molecule has 5 heteroatoms. The van der Waals surface area contributed by atoms with Gasteiger partial charge in [-0.25, -0.2) is 0 Å². The summed E-state index contributed by atoms with van der Waals surface area (Å²) in [6.07, 6.45) is 2.59. The van der Waals surface area contributed by atoms with E-state index in [1.807, 2.05) is 0 Å². The topological polar surface area (TPSA) is 84.2 Å². The smallest absolute Gasteiger partial charge is 0.236 e. The zero-order valence-electron chi connectivity index (χ0n) is 7.51. The normalized spacial score (nSPS) is 21.4. The number of carbonyl (C=O) groups excluding carboxylic acids is 2. The van der Waals surface area contributed by atoms with Crippen molar-refractivity contribution in [2.75, 3.05) is 13.1 Å². The fraction of sp³-hybridized carbons (Fsp3) is 0.750. The monoisotopic (exact) mass is 185 g/mol. The van der Waals surface area contributed by atoms with Crippen LogP contribution in [-0.2, 0) is 9.59 Å². The van der Waals surface area contributed by atoms with Gasteiger partial charge in [-0.2, -0.15) is 0 Å². The third-order valence-corrected chi connectivity index (χ3v) is 2.05. The molecule has 74 valence electrons. The number of amides is 2. The summed E-state index contributed by atoms with van der Waals surface area (Å²) in [6, 6.07) is 0.271. The molecule has 13 heavy (non-hydrogen) atoms. The third kappa shape index (κ3) is 3.89. The molecular formula is C8H15N3O2. The maximum atomic E-state index is 11.1. The van der Waals surface area contributed by atoms with Crippen molar-refractivity contribution in [2.24, 2.45) is 5.73 Å². The lowest BCUT2D eigenvalue weighted by molar-refractivity contribution is -0.125. The Morgan fingerprint density at radius 2 is 2.31 bits per heavy atom. The molecule has 0 aromatic heterocycles. The van der Waals surface area contributed by atoms with Crippen molar-refractivity contribution in [2.45, 2.75) is 25.3 Å². The van der Waals surface area contributed by atoms with Crippen LogP contribution in [0.5, 0.6) is 0 Å². The van der Waals surface area contributed by atoms with Crippen molar-refractivity contribution in [1.29, 1.82) is 0 Å². The molecule has 1 unspecified atom stereocenters. The highest BCUT2D eigenvalue weighted by Gasteiger charge is 2.17. The summed E-state index contributed by atoms with van der Waals surface area (Å²) in [7, 11) is 0. The van der Waals surface area contributed by atoms with Gasteiger partial charge in [0.05, 0.1) is 6.54 Å². The summed E-state index contributed by atoms with van der Waals surface area (Å²) in [5.74, 6) is -0.620. The van der Waals surface area contributed by atoms with Gasteiger partial charge in [-0.3, -0.25) is 9.59 Å². The molecule has 1 aliphatic rings. The summed E-state index contributed by atoms with van der Waals surface area (Å²) in [4.78, 5) is 21.5. The maximum absolute atomic E-state index is 11.1. The average molecular weight is 185 g/mol. The minimum atomic E-state index is -0.507. The van der Waals surface area contributed by atoms with E-state index in [1.54, 1.807) is 0 Å². The summed E-state index contributed by atoms with van der Waals surface area (Å²) in [5.41, 5.74) is 4.88. The van der Waals surface area contributed by atoms with Gasteiger partial charge in [0.15, 0.2) is 0 Å². The maximum Gasteiger partial charge on any atom is 0.236 e. The Bertz CT molecular complexity index is 200. The first-order valence-electron chi connectivity index (χ1n) is 4.47. The minimum absolute atomic E-state index is 0.0639. The van der Waals surface area contributed by atoms with E-state index in [0.29, 0.717) is 6.42 Å². The van der Waals surface area contributed by atoms with Crippen molar-refractivity contribution in [3.05, 3.63) is 0 Å². The zero-order chi connectivity index (χ0) is 9.68. The lowest BCUT2D eigenvalue weighted by atomic mass is 10.1. The number of rotatable bonds is 4. The van der Waals surface area contributed by atoms with Gasteiger partial charge in [0.2, 0.25) is 11.8 Å². The molecule has 0 bridgehead atoms. The highest BCUT2D eigenvalue weighted by molar-refractivity contribution is 5.83. The standard InChI is InChI=1S/C8H15N3O2/c9-7(12)5-11-8(13)4-6-2-1-3-10-6/h6,10H,1-5H2,(H2,9,12)(H,11,13). The lowest BCUT2D eigenvalue weighted by Crippen LogP contribution is -2.36. The van der Waals surface area contributed by atoms with Gasteiger partial charge in [0.1, 0.15) is 0 Å². The fourth-order valence-corrected chi connectivity index (χ4v) is 1.41. The SMILES string of the molecule is NC(=O)CNC(=O)CC1CCCN1. The van der Waals surface area contributed by atoms with Gasteiger partial charge in [-0.1, -0.05) is 0 Å². The molecule has 0 saturated carbocycles. The molecule has 0 spiro atoms. The van der Waals surface area contributed by atoms with Crippen LogP contribution in [0.2, 0.25) is 0 Å². The molecule has 0 aromatic rings. The summed E-state index contributed by atoms with van der Waals surface area (Å²) < 4.78 is 0. The van der Waals surface area contributed by atoms with Crippen molar-refractivity contribution in [3.8, 4) is 0 Å². The number of primary amides is 1. The van der Waals surface area contributed by atoms with Crippen LogP contribution in [0.3, 0.4) is 0 Å². The third-order valence-electron chi connectivity index (χ3n) is 2.05. The first-order chi connectivity index (χ1) is 6.18.